The molecule has 2 atom stereocenters. The molecule has 0 radical (unpaired) electrons. The molecule has 0 aliphatic heterocycles. The zero-order chi connectivity index (χ0) is 27.8. The third-order valence-electron chi connectivity index (χ3n) is 8.66. The molecule has 4 aromatic carbocycles. The first-order chi connectivity index (χ1) is 20.2. The van der Waals surface area contributed by atoms with Crippen LogP contribution in [-0.4, -0.2) is 4.57 Å². The summed E-state index contributed by atoms with van der Waals surface area (Å²) in [5, 5.41) is 2.63. The van der Waals surface area contributed by atoms with E-state index in [0.717, 1.165) is 25.7 Å². The molecule has 204 valence electrons. The number of benzene rings is 4. The highest BCUT2D eigenvalue weighted by Crippen LogP contribution is 2.75. The molecule has 2 aliphatic carbocycles. The number of para-hydroxylation sites is 2. The molecular weight excluding hydrogens is 515 g/mol. The van der Waals surface area contributed by atoms with Gasteiger partial charge in [0.05, 0.1) is 11.0 Å². The lowest BCUT2D eigenvalue weighted by Gasteiger charge is -2.46. The van der Waals surface area contributed by atoms with Gasteiger partial charge < -0.3 is 4.57 Å². The topological polar surface area (TPSA) is 4.93 Å². The molecule has 0 spiro atoms. The Morgan fingerprint density at radius 3 is 2.29 bits per heavy atom. The van der Waals surface area contributed by atoms with Crippen molar-refractivity contribution < 1.29 is 0 Å². The smallest absolute Gasteiger partial charge is 0.0541 e. The Bertz CT molecular complexity index is 1850. The summed E-state index contributed by atoms with van der Waals surface area (Å²) in [6.45, 7) is 4.60. The van der Waals surface area contributed by atoms with Crippen molar-refractivity contribution in [1.29, 1.82) is 0 Å². The van der Waals surface area contributed by atoms with Crippen molar-refractivity contribution in [1.82, 2.24) is 4.57 Å². The molecule has 0 saturated heterocycles. The molecule has 2 aliphatic rings. The summed E-state index contributed by atoms with van der Waals surface area (Å²) in [7, 11) is -1.66. The second-order valence-electron chi connectivity index (χ2n) is 11.3. The van der Waals surface area contributed by atoms with Crippen LogP contribution in [0.4, 0.5) is 0 Å². The van der Waals surface area contributed by atoms with Crippen molar-refractivity contribution in [3.05, 3.63) is 149 Å². The molecule has 2 unspecified atom stereocenters. The fraction of sp³-hybridized carbons (Fsp3) is 0.179. The second-order valence-corrected chi connectivity index (χ2v) is 14.4. The van der Waals surface area contributed by atoms with Gasteiger partial charge in [-0.25, -0.2) is 0 Å². The lowest BCUT2D eigenvalue weighted by Crippen LogP contribution is -2.12. The number of aromatic nitrogens is 1. The zero-order valence-electron chi connectivity index (χ0n) is 24.0. The quantitative estimate of drug-likeness (QED) is 0.198. The summed E-state index contributed by atoms with van der Waals surface area (Å²) in [6.07, 6.45) is 18.8. The molecule has 0 saturated carbocycles. The summed E-state index contributed by atoms with van der Waals surface area (Å²) in [5.41, 5.74) is 5.10. The largest absolute Gasteiger partial charge is 0.309 e. The van der Waals surface area contributed by atoms with Crippen LogP contribution in [0.25, 0.3) is 27.5 Å². The third-order valence-corrected chi connectivity index (χ3v) is 12.7. The fourth-order valence-corrected chi connectivity index (χ4v) is 10.9. The minimum Gasteiger partial charge on any atom is -0.309 e. The van der Waals surface area contributed by atoms with E-state index in [1.807, 2.05) is 0 Å². The van der Waals surface area contributed by atoms with Gasteiger partial charge in [-0.1, -0.05) is 98.8 Å². The van der Waals surface area contributed by atoms with Gasteiger partial charge in [0.25, 0.3) is 0 Å². The second kappa shape index (κ2) is 10.8. The predicted octanol–water partition coefficient (Wildman–Crippen LogP) is 11.3. The maximum Gasteiger partial charge on any atom is 0.0541 e. The molecule has 0 N–H and O–H groups in total. The monoisotopic (exact) mass is 551 g/mol. The van der Waals surface area contributed by atoms with Crippen molar-refractivity contribution in [2.45, 2.75) is 49.3 Å². The highest BCUT2D eigenvalue weighted by molar-refractivity contribution is 8.40. The Morgan fingerprint density at radius 2 is 1.54 bits per heavy atom. The highest BCUT2D eigenvalue weighted by atomic mass is 32.3. The van der Waals surface area contributed by atoms with Crippen molar-refractivity contribution in [3.8, 4) is 5.69 Å². The van der Waals surface area contributed by atoms with Crippen LogP contribution >= 0.6 is 10.0 Å². The van der Waals surface area contributed by atoms with Crippen LogP contribution in [-0.2, 0) is 6.42 Å². The van der Waals surface area contributed by atoms with Crippen LogP contribution in [0, 0.1) is 5.92 Å². The number of hydrogen-bond donors (Lipinski definition) is 0. The van der Waals surface area contributed by atoms with E-state index in [1.165, 1.54) is 47.8 Å². The third kappa shape index (κ3) is 4.33. The van der Waals surface area contributed by atoms with E-state index in [-0.39, 0.29) is 0 Å². The van der Waals surface area contributed by atoms with Gasteiger partial charge >= 0.3 is 0 Å². The number of nitrogens with zero attached hydrogens (tertiary/aromatic N) is 1. The molecule has 0 amide bonds. The Morgan fingerprint density at radius 1 is 0.780 bits per heavy atom. The van der Waals surface area contributed by atoms with Gasteiger partial charge in [0, 0.05) is 26.3 Å². The van der Waals surface area contributed by atoms with E-state index in [0.29, 0.717) is 5.92 Å². The summed E-state index contributed by atoms with van der Waals surface area (Å²) in [6, 6.07) is 36.6. The van der Waals surface area contributed by atoms with E-state index in [2.05, 4.69) is 152 Å². The van der Waals surface area contributed by atoms with Gasteiger partial charge in [0.1, 0.15) is 0 Å². The van der Waals surface area contributed by atoms with Crippen molar-refractivity contribution >= 4 is 31.8 Å². The van der Waals surface area contributed by atoms with E-state index < -0.39 is 10.0 Å². The van der Waals surface area contributed by atoms with Gasteiger partial charge in [-0.3, -0.25) is 0 Å². The highest BCUT2D eigenvalue weighted by Gasteiger charge is 2.37. The Balaban J connectivity index is 1.57. The lowest BCUT2D eigenvalue weighted by molar-refractivity contribution is 0.734. The average molecular weight is 552 g/mol. The summed E-state index contributed by atoms with van der Waals surface area (Å²) in [5.74, 6) is 0.528. The zero-order valence-corrected chi connectivity index (χ0v) is 24.8. The van der Waals surface area contributed by atoms with Crippen molar-refractivity contribution in [2.24, 2.45) is 5.92 Å². The molecule has 2 heteroatoms. The maximum atomic E-state index is 2.57. The van der Waals surface area contributed by atoms with Crippen LogP contribution < -0.4 is 0 Å². The lowest BCUT2D eigenvalue weighted by atomic mass is 10.0. The van der Waals surface area contributed by atoms with Gasteiger partial charge in [-0.2, -0.15) is 0 Å². The number of allylic oxidation sites excluding steroid dienone is 7. The van der Waals surface area contributed by atoms with E-state index in [9.17, 15) is 0 Å². The Labute approximate surface area is 245 Å². The molecule has 41 heavy (non-hydrogen) atoms. The fourth-order valence-electron chi connectivity index (χ4n) is 6.63. The number of fused-ring (bicyclic) bond motifs is 3. The Hall–Kier alpha value is -4.01. The minimum atomic E-state index is -1.66. The van der Waals surface area contributed by atoms with Crippen LogP contribution in [0.5, 0.6) is 0 Å². The van der Waals surface area contributed by atoms with Gasteiger partial charge in [0.15, 0.2) is 0 Å². The Kier molecular flexibility index (Phi) is 6.80. The first kappa shape index (κ1) is 25.9. The number of rotatable bonds is 6. The summed E-state index contributed by atoms with van der Waals surface area (Å²) < 4.78 is 2.42. The van der Waals surface area contributed by atoms with E-state index >= 15 is 0 Å². The van der Waals surface area contributed by atoms with Gasteiger partial charge in [-0.15, -0.1) is 10.0 Å². The predicted molar refractivity (Wildman–Crippen MR) is 178 cm³/mol. The molecule has 1 heterocycles. The number of aryl methyl sites for hydroxylation is 1. The summed E-state index contributed by atoms with van der Waals surface area (Å²) in [4.78, 5) is 5.90. The molecule has 1 nitrogen and oxygen atoms in total. The molecule has 5 aromatic rings. The van der Waals surface area contributed by atoms with Crippen LogP contribution in [0.1, 0.15) is 38.7 Å². The first-order valence-electron chi connectivity index (χ1n) is 15.0. The van der Waals surface area contributed by atoms with Crippen LogP contribution in [0.3, 0.4) is 0 Å². The standard InChI is InChI=1S/C39H37NS/c1-3-30-21-23-33(24-22-30)41(32-16-8-5-9-17-32,34-18-12-13-29(2)27-34)35-25-26-39-37(28-35)36-19-10-11-20-38(36)40(39)31-14-6-4-7-15-31/h4-8,10-12,14-16,18-29H,3,9,13,17H2,1-2H3. The molecule has 0 bridgehead atoms. The van der Waals surface area contributed by atoms with E-state index in [4.69, 9.17) is 0 Å². The van der Waals surface area contributed by atoms with Crippen molar-refractivity contribution in [2.75, 3.05) is 0 Å². The van der Waals surface area contributed by atoms with Gasteiger partial charge in [-0.05, 0) is 95.5 Å². The average Bonchev–Trinajstić information content (AvgIpc) is 3.37. The van der Waals surface area contributed by atoms with Crippen molar-refractivity contribution in [3.63, 3.8) is 0 Å². The maximum absolute atomic E-state index is 2.57. The molecule has 0 fully saturated rings. The van der Waals surface area contributed by atoms with Crippen LogP contribution in [0.2, 0.25) is 0 Å². The van der Waals surface area contributed by atoms with E-state index in [1.54, 1.807) is 4.91 Å². The first-order valence-corrected chi connectivity index (χ1v) is 16.6. The normalized spacial score (nSPS) is 19.1. The molecule has 7 rings (SSSR count). The molecular formula is C39H37NS. The van der Waals surface area contributed by atoms with Gasteiger partial charge in [0.2, 0.25) is 0 Å². The number of hydrogen-bond acceptors (Lipinski definition) is 0. The summed E-state index contributed by atoms with van der Waals surface area (Å²) >= 11 is 0. The SMILES string of the molecule is CCc1ccc(S(C2=CC(C)CC=C2)(C2=CC=CCC2)c2ccc3c(c2)c2ccccc2n3-c2ccccc2)cc1. The van der Waals surface area contributed by atoms with Crippen LogP contribution in [0.15, 0.2) is 153 Å². The molecule has 1 aromatic heterocycles. The minimum absolute atomic E-state index is 0.528.